The standard InChI is InChI=1S/C10H19N/c1-2-5-10-8-11-7-3-6-9(10)4-1/h9-11H,1-8H2. The van der Waals surface area contributed by atoms with Crippen molar-refractivity contribution in [1.29, 1.82) is 0 Å². The molecule has 1 nitrogen and oxygen atoms in total. The van der Waals surface area contributed by atoms with Gasteiger partial charge in [-0.05, 0) is 44.2 Å². The molecule has 1 N–H and O–H groups in total. The lowest BCUT2D eigenvalue weighted by molar-refractivity contribution is 0.235. The first kappa shape index (κ1) is 7.60. The molecule has 1 aliphatic heterocycles. The summed E-state index contributed by atoms with van der Waals surface area (Å²) < 4.78 is 0. The first-order valence-corrected chi connectivity index (χ1v) is 5.17. The van der Waals surface area contributed by atoms with Crippen molar-refractivity contribution < 1.29 is 0 Å². The molecule has 64 valence electrons. The van der Waals surface area contributed by atoms with E-state index in [1.54, 1.807) is 0 Å². The van der Waals surface area contributed by atoms with Gasteiger partial charge in [0.2, 0.25) is 0 Å². The van der Waals surface area contributed by atoms with Gasteiger partial charge < -0.3 is 5.32 Å². The van der Waals surface area contributed by atoms with Crippen LogP contribution in [0.3, 0.4) is 0 Å². The van der Waals surface area contributed by atoms with Crippen LogP contribution in [0.4, 0.5) is 0 Å². The molecule has 1 saturated heterocycles. The normalized spacial score (nSPS) is 39.3. The maximum Gasteiger partial charge on any atom is -0.00179 e. The lowest BCUT2D eigenvalue weighted by Crippen LogP contribution is -2.27. The summed E-state index contributed by atoms with van der Waals surface area (Å²) in [7, 11) is 0. The van der Waals surface area contributed by atoms with E-state index in [0.29, 0.717) is 0 Å². The molecular formula is C10H19N. The molecule has 1 aliphatic carbocycles. The van der Waals surface area contributed by atoms with Crippen LogP contribution in [0.15, 0.2) is 0 Å². The fraction of sp³-hybridized carbons (Fsp3) is 1.00. The molecule has 1 heterocycles. The van der Waals surface area contributed by atoms with Crippen molar-refractivity contribution in [2.75, 3.05) is 13.1 Å². The summed E-state index contributed by atoms with van der Waals surface area (Å²) in [6, 6.07) is 0. The molecule has 2 aliphatic rings. The molecule has 0 radical (unpaired) electrons. The Morgan fingerprint density at radius 3 is 2.45 bits per heavy atom. The van der Waals surface area contributed by atoms with E-state index in [1.807, 2.05) is 0 Å². The molecule has 1 heteroatoms. The van der Waals surface area contributed by atoms with E-state index in [4.69, 9.17) is 0 Å². The van der Waals surface area contributed by atoms with Crippen molar-refractivity contribution in [3.05, 3.63) is 0 Å². The molecule has 0 aromatic rings. The largest absolute Gasteiger partial charge is 0.316 e. The van der Waals surface area contributed by atoms with Crippen LogP contribution in [0.2, 0.25) is 0 Å². The van der Waals surface area contributed by atoms with Crippen molar-refractivity contribution in [2.45, 2.75) is 38.5 Å². The molecule has 1 saturated carbocycles. The lowest BCUT2D eigenvalue weighted by atomic mass is 9.78. The third kappa shape index (κ3) is 1.76. The summed E-state index contributed by atoms with van der Waals surface area (Å²) in [6.07, 6.45) is 8.92. The Morgan fingerprint density at radius 2 is 1.55 bits per heavy atom. The lowest BCUT2D eigenvalue weighted by Gasteiger charge is -2.29. The van der Waals surface area contributed by atoms with Gasteiger partial charge in [0.05, 0.1) is 0 Å². The molecular weight excluding hydrogens is 134 g/mol. The van der Waals surface area contributed by atoms with Gasteiger partial charge in [0.25, 0.3) is 0 Å². The van der Waals surface area contributed by atoms with Crippen LogP contribution in [0.1, 0.15) is 38.5 Å². The maximum atomic E-state index is 3.55. The third-order valence-corrected chi connectivity index (χ3v) is 3.40. The van der Waals surface area contributed by atoms with Gasteiger partial charge in [-0.3, -0.25) is 0 Å². The van der Waals surface area contributed by atoms with E-state index in [9.17, 15) is 0 Å². The van der Waals surface area contributed by atoms with Crippen molar-refractivity contribution in [3.8, 4) is 0 Å². The number of rotatable bonds is 0. The van der Waals surface area contributed by atoms with E-state index in [-0.39, 0.29) is 0 Å². The summed E-state index contributed by atoms with van der Waals surface area (Å²) in [5, 5.41) is 3.55. The summed E-state index contributed by atoms with van der Waals surface area (Å²) in [6.45, 7) is 2.58. The second-order valence-electron chi connectivity index (χ2n) is 4.15. The van der Waals surface area contributed by atoms with E-state index in [2.05, 4.69) is 5.32 Å². The van der Waals surface area contributed by atoms with E-state index >= 15 is 0 Å². The second kappa shape index (κ2) is 3.57. The molecule has 0 amide bonds. The van der Waals surface area contributed by atoms with Gasteiger partial charge in [0.1, 0.15) is 0 Å². The number of hydrogen-bond acceptors (Lipinski definition) is 1. The Hall–Kier alpha value is -0.0400. The SMILES string of the molecule is C1CCC2CNCCCC2C1. The maximum absolute atomic E-state index is 3.55. The van der Waals surface area contributed by atoms with Gasteiger partial charge in [-0.15, -0.1) is 0 Å². The minimum Gasteiger partial charge on any atom is -0.316 e. The number of hydrogen-bond donors (Lipinski definition) is 1. The van der Waals surface area contributed by atoms with Crippen LogP contribution >= 0.6 is 0 Å². The monoisotopic (exact) mass is 153 g/mol. The molecule has 0 bridgehead atoms. The zero-order valence-corrected chi connectivity index (χ0v) is 7.31. The van der Waals surface area contributed by atoms with Crippen LogP contribution in [-0.2, 0) is 0 Å². The Bertz CT molecular complexity index is 108. The van der Waals surface area contributed by atoms with Crippen LogP contribution < -0.4 is 5.32 Å². The van der Waals surface area contributed by atoms with E-state index in [1.165, 1.54) is 51.6 Å². The highest BCUT2D eigenvalue weighted by Crippen LogP contribution is 2.33. The molecule has 0 spiro atoms. The molecule has 11 heavy (non-hydrogen) atoms. The summed E-state index contributed by atoms with van der Waals surface area (Å²) in [5.74, 6) is 2.12. The third-order valence-electron chi connectivity index (χ3n) is 3.40. The van der Waals surface area contributed by atoms with Gasteiger partial charge in [0.15, 0.2) is 0 Å². The topological polar surface area (TPSA) is 12.0 Å². The van der Waals surface area contributed by atoms with Gasteiger partial charge >= 0.3 is 0 Å². The Labute approximate surface area is 69.6 Å². The fourth-order valence-electron chi connectivity index (χ4n) is 2.71. The predicted octanol–water partition coefficient (Wildman–Crippen LogP) is 2.18. The molecule has 0 aromatic carbocycles. The van der Waals surface area contributed by atoms with Crippen molar-refractivity contribution in [3.63, 3.8) is 0 Å². The van der Waals surface area contributed by atoms with Crippen LogP contribution in [-0.4, -0.2) is 13.1 Å². The van der Waals surface area contributed by atoms with Gasteiger partial charge in [0, 0.05) is 0 Å². The summed E-state index contributed by atoms with van der Waals surface area (Å²) in [4.78, 5) is 0. The smallest absolute Gasteiger partial charge is 0.00179 e. The van der Waals surface area contributed by atoms with Gasteiger partial charge in [-0.2, -0.15) is 0 Å². The Balaban J connectivity index is 1.93. The Morgan fingerprint density at radius 1 is 0.818 bits per heavy atom. The number of fused-ring (bicyclic) bond motifs is 1. The number of nitrogens with one attached hydrogen (secondary N) is 1. The summed E-state index contributed by atoms with van der Waals surface area (Å²) >= 11 is 0. The quantitative estimate of drug-likeness (QED) is 0.562. The van der Waals surface area contributed by atoms with Crippen molar-refractivity contribution in [1.82, 2.24) is 5.32 Å². The van der Waals surface area contributed by atoms with Crippen molar-refractivity contribution >= 4 is 0 Å². The van der Waals surface area contributed by atoms with Crippen LogP contribution in [0.5, 0.6) is 0 Å². The average Bonchev–Trinajstić information content (AvgIpc) is 2.28. The zero-order chi connectivity index (χ0) is 7.52. The molecule has 2 rings (SSSR count). The first-order chi connectivity index (χ1) is 5.47. The highest BCUT2D eigenvalue weighted by molar-refractivity contribution is 4.79. The molecule has 2 unspecified atom stereocenters. The van der Waals surface area contributed by atoms with Crippen LogP contribution in [0.25, 0.3) is 0 Å². The van der Waals surface area contributed by atoms with Crippen LogP contribution in [0, 0.1) is 11.8 Å². The molecule has 2 fully saturated rings. The highest BCUT2D eigenvalue weighted by atomic mass is 14.9. The predicted molar refractivity (Wildman–Crippen MR) is 47.6 cm³/mol. The summed E-state index contributed by atoms with van der Waals surface area (Å²) in [5.41, 5.74) is 0. The zero-order valence-electron chi connectivity index (χ0n) is 7.31. The molecule has 0 aromatic heterocycles. The average molecular weight is 153 g/mol. The fourth-order valence-corrected chi connectivity index (χ4v) is 2.71. The minimum absolute atomic E-state index is 1.03. The van der Waals surface area contributed by atoms with E-state index < -0.39 is 0 Å². The van der Waals surface area contributed by atoms with Crippen molar-refractivity contribution in [2.24, 2.45) is 11.8 Å². The molecule has 2 atom stereocenters. The van der Waals surface area contributed by atoms with E-state index in [0.717, 1.165) is 11.8 Å². The minimum atomic E-state index is 1.03. The second-order valence-corrected chi connectivity index (χ2v) is 4.15. The van der Waals surface area contributed by atoms with Gasteiger partial charge in [-0.25, -0.2) is 0 Å². The highest BCUT2D eigenvalue weighted by Gasteiger charge is 2.25. The first-order valence-electron chi connectivity index (χ1n) is 5.17. The Kier molecular flexibility index (Phi) is 2.47. The van der Waals surface area contributed by atoms with Gasteiger partial charge in [-0.1, -0.05) is 19.3 Å².